The molecule has 0 heterocycles. The van der Waals surface area contributed by atoms with Crippen LogP contribution in [-0.2, 0) is 28.4 Å². The zero-order valence-corrected chi connectivity index (χ0v) is 58.7. The van der Waals surface area contributed by atoms with Crippen LogP contribution < -0.4 is 0 Å². The van der Waals surface area contributed by atoms with Crippen LogP contribution in [0.25, 0.3) is 0 Å². The summed E-state index contributed by atoms with van der Waals surface area (Å²) in [6.07, 6.45) is 33.9. The average Bonchev–Trinajstić information content (AvgIpc) is 2.51. The lowest BCUT2D eigenvalue weighted by atomic mass is 9.97. The first-order chi connectivity index (χ1) is 43.6. The summed E-state index contributed by atoms with van der Waals surface area (Å²) in [6, 6.07) is 19.8. The van der Waals surface area contributed by atoms with E-state index in [1.54, 1.807) is 72.8 Å². The number of hydrogen-bond donors (Lipinski definition) is 0. The monoisotopic (exact) mass is 1250 g/mol. The number of rotatable bonds is 48. The maximum atomic E-state index is 12.4. The Morgan fingerprint density at radius 3 is 0.544 bits per heavy atom. The van der Waals surface area contributed by atoms with Gasteiger partial charge in [-0.3, -0.25) is 0 Å². The van der Waals surface area contributed by atoms with E-state index in [0.717, 1.165) is 135 Å². The second-order valence-corrected chi connectivity index (χ2v) is 25.0. The first-order valence-electron chi connectivity index (χ1n) is 36.0. The van der Waals surface area contributed by atoms with Crippen LogP contribution in [0.2, 0.25) is 0 Å². The molecule has 3 aromatic rings. The minimum Gasteiger partial charge on any atom is -0.462 e. The number of hydrogen-bond acceptors (Lipinski definition) is 12. The van der Waals surface area contributed by atoms with Crippen molar-refractivity contribution < 1.29 is 57.2 Å². The normalized spacial score (nSPS) is 12.9. The molecule has 3 aromatic carbocycles. The van der Waals surface area contributed by atoms with Gasteiger partial charge in [0.1, 0.15) is 0 Å². The number of carbonyl (C=O) groups excluding carboxylic acids is 6. The molecule has 0 spiro atoms. The van der Waals surface area contributed by atoms with Crippen LogP contribution >= 0.6 is 0 Å². The third-order valence-corrected chi connectivity index (χ3v) is 17.1. The zero-order valence-electron chi connectivity index (χ0n) is 58.7. The molecule has 0 aliphatic carbocycles. The molecule has 6 atom stereocenters. The Hall–Kier alpha value is -5.52. The number of benzene rings is 3. The molecule has 0 bridgehead atoms. The quantitative estimate of drug-likeness (QED) is 0.0300. The lowest BCUT2D eigenvalue weighted by molar-refractivity contribution is 0.0410. The van der Waals surface area contributed by atoms with Crippen molar-refractivity contribution in [1.29, 1.82) is 0 Å². The van der Waals surface area contributed by atoms with Crippen LogP contribution in [0.15, 0.2) is 72.8 Å². The standard InChI is InChI=1S/C28H46O4.C26H42O4.C24H38O4/c1-5-9-11-15-23(13-7-3)21-31-27(29)25-17-19-26(20-18-25)28(30)32-22-24(14-8-4)16-12-10-6-2;1-5-9-11-14-22(12-7-3)20-30-26(28)24-17-15-23(16-18-24)25(27)29-19-21(8-4)13-10-6-2;1-5-9-11-19(7-3)17-27-23(25)21-13-15-22(16-14-21)24(26)28-18-20(8-4)12-10-6-2/h17-20,23-24H,5-16,21-22H2,1-4H3;15-18,21-22H,5-14,19-20H2,1-4H3;13-16,19-20H,5-12,17-18H2,1-4H3. The van der Waals surface area contributed by atoms with Gasteiger partial charge in [0.25, 0.3) is 0 Å². The van der Waals surface area contributed by atoms with Crippen molar-refractivity contribution in [3.8, 4) is 0 Å². The fraction of sp³-hybridized carbons (Fsp3) is 0.692. The van der Waals surface area contributed by atoms with Crippen LogP contribution in [0.3, 0.4) is 0 Å². The second-order valence-electron chi connectivity index (χ2n) is 25.0. The highest BCUT2D eigenvalue weighted by molar-refractivity contribution is 5.95. The van der Waals surface area contributed by atoms with E-state index in [4.69, 9.17) is 28.4 Å². The van der Waals surface area contributed by atoms with Crippen molar-refractivity contribution in [3.63, 3.8) is 0 Å². The van der Waals surface area contributed by atoms with E-state index >= 15 is 0 Å². The molecule has 12 nitrogen and oxygen atoms in total. The van der Waals surface area contributed by atoms with Gasteiger partial charge in [-0.1, -0.05) is 218 Å². The van der Waals surface area contributed by atoms with E-state index in [1.807, 2.05) is 0 Å². The van der Waals surface area contributed by atoms with Crippen LogP contribution in [-0.4, -0.2) is 75.5 Å². The second kappa shape index (κ2) is 54.1. The average molecular weight is 1260 g/mol. The molecule has 6 unspecified atom stereocenters. The highest BCUT2D eigenvalue weighted by atomic mass is 16.6. The van der Waals surface area contributed by atoms with Crippen molar-refractivity contribution in [3.05, 3.63) is 106 Å². The van der Waals surface area contributed by atoms with Crippen molar-refractivity contribution in [2.24, 2.45) is 35.5 Å². The summed E-state index contributed by atoms with van der Waals surface area (Å²) in [5.74, 6) is 0.573. The Kier molecular flexibility index (Phi) is 49.6. The molecule has 0 radical (unpaired) electrons. The molecule has 0 fully saturated rings. The summed E-state index contributed by atoms with van der Waals surface area (Å²) in [7, 11) is 0. The zero-order chi connectivity index (χ0) is 66.6. The molecule has 0 aromatic heterocycles. The van der Waals surface area contributed by atoms with Crippen molar-refractivity contribution in [1.82, 2.24) is 0 Å². The highest BCUT2D eigenvalue weighted by Crippen LogP contribution is 2.23. The van der Waals surface area contributed by atoms with E-state index in [0.29, 0.717) is 109 Å². The minimum absolute atomic E-state index is 0.319. The molecule has 0 aliphatic rings. The number of esters is 6. The minimum atomic E-state index is -0.333. The van der Waals surface area contributed by atoms with Gasteiger partial charge in [-0.15, -0.1) is 0 Å². The first kappa shape index (κ1) is 82.5. The Balaban J connectivity index is 0.000000677. The van der Waals surface area contributed by atoms with Gasteiger partial charge in [0.05, 0.1) is 73.0 Å². The fourth-order valence-corrected chi connectivity index (χ4v) is 10.8. The molecule has 510 valence electrons. The van der Waals surface area contributed by atoms with Crippen LogP contribution in [0.4, 0.5) is 0 Å². The summed E-state index contributed by atoms with van der Waals surface area (Å²) in [6.45, 7) is 28.7. The maximum absolute atomic E-state index is 12.4. The van der Waals surface area contributed by atoms with Crippen LogP contribution in [0.1, 0.15) is 338 Å². The van der Waals surface area contributed by atoms with Gasteiger partial charge in [-0.05, 0) is 166 Å². The van der Waals surface area contributed by atoms with E-state index in [1.165, 1.54) is 57.8 Å². The summed E-state index contributed by atoms with van der Waals surface area (Å²) < 4.78 is 33.1. The van der Waals surface area contributed by atoms with Crippen molar-refractivity contribution >= 4 is 35.8 Å². The van der Waals surface area contributed by atoms with Gasteiger partial charge in [-0.25, -0.2) is 28.8 Å². The van der Waals surface area contributed by atoms with Crippen LogP contribution in [0.5, 0.6) is 0 Å². The van der Waals surface area contributed by atoms with Gasteiger partial charge >= 0.3 is 35.8 Å². The molecule has 3 rings (SSSR count). The molecular formula is C78H126O12. The maximum Gasteiger partial charge on any atom is 0.338 e. The van der Waals surface area contributed by atoms with E-state index in [9.17, 15) is 28.8 Å². The Morgan fingerprint density at radius 2 is 0.389 bits per heavy atom. The van der Waals surface area contributed by atoms with E-state index < -0.39 is 0 Å². The number of unbranched alkanes of at least 4 members (excludes halogenated alkanes) is 9. The molecule has 0 amide bonds. The largest absolute Gasteiger partial charge is 0.462 e. The first-order valence-corrected chi connectivity index (χ1v) is 36.0. The van der Waals surface area contributed by atoms with E-state index in [2.05, 4.69) is 83.1 Å². The third kappa shape index (κ3) is 37.7. The molecule has 90 heavy (non-hydrogen) atoms. The predicted molar refractivity (Wildman–Crippen MR) is 369 cm³/mol. The lowest BCUT2D eigenvalue weighted by Gasteiger charge is -2.17. The molecule has 0 saturated heterocycles. The topological polar surface area (TPSA) is 158 Å². The fourth-order valence-electron chi connectivity index (χ4n) is 10.8. The van der Waals surface area contributed by atoms with Gasteiger partial charge in [0, 0.05) is 0 Å². The number of ether oxygens (including phenoxy) is 6. The number of carbonyl (C=O) groups is 6. The predicted octanol–water partition coefficient (Wildman–Crippen LogP) is 21.6. The third-order valence-electron chi connectivity index (χ3n) is 17.1. The van der Waals surface area contributed by atoms with Crippen molar-refractivity contribution in [2.75, 3.05) is 39.6 Å². The van der Waals surface area contributed by atoms with Crippen molar-refractivity contribution in [2.45, 2.75) is 276 Å². The van der Waals surface area contributed by atoms with Gasteiger partial charge in [-0.2, -0.15) is 0 Å². The van der Waals surface area contributed by atoms with Gasteiger partial charge in [0.2, 0.25) is 0 Å². The molecule has 0 aliphatic heterocycles. The Bertz CT molecular complexity index is 2190. The van der Waals surface area contributed by atoms with Crippen LogP contribution in [0, 0.1) is 35.5 Å². The Morgan fingerprint density at radius 1 is 0.222 bits per heavy atom. The summed E-state index contributed by atoms with van der Waals surface area (Å²) >= 11 is 0. The van der Waals surface area contributed by atoms with Gasteiger partial charge < -0.3 is 28.4 Å². The van der Waals surface area contributed by atoms with E-state index in [-0.39, 0.29) is 35.8 Å². The summed E-state index contributed by atoms with van der Waals surface area (Å²) in [5, 5.41) is 0. The Labute approximate surface area is 547 Å². The summed E-state index contributed by atoms with van der Waals surface area (Å²) in [4.78, 5) is 74.0. The highest BCUT2D eigenvalue weighted by Gasteiger charge is 2.20. The summed E-state index contributed by atoms with van der Waals surface area (Å²) in [5.41, 5.74) is 2.85. The van der Waals surface area contributed by atoms with Gasteiger partial charge in [0.15, 0.2) is 0 Å². The molecule has 0 saturated carbocycles. The lowest BCUT2D eigenvalue weighted by Crippen LogP contribution is -2.16. The smallest absolute Gasteiger partial charge is 0.338 e. The molecule has 12 heteroatoms. The SMILES string of the molecule is CCCCC(CC)COC(=O)c1ccc(C(=O)OCC(CC)CCCC)cc1.CCCCCC(CCC)COC(=O)c1ccc(C(=O)OCC(CC)CCCC)cc1.CCCCCC(CCC)COC(=O)c1ccc(C(=O)OCC(CCC)CCCCC)cc1. The molecular weight excluding hydrogens is 1130 g/mol. The molecule has 0 N–H and O–H groups in total.